The van der Waals surface area contributed by atoms with Gasteiger partial charge >= 0.3 is 0 Å². The van der Waals surface area contributed by atoms with Crippen LogP contribution in [0, 0.1) is 0 Å². The highest BCUT2D eigenvalue weighted by atomic mass is 16.7. The Morgan fingerprint density at radius 1 is 1.00 bits per heavy atom. The third kappa shape index (κ3) is 2.28. The first-order chi connectivity index (χ1) is 7.42. The van der Waals surface area contributed by atoms with E-state index < -0.39 is 0 Å². The Hall–Kier alpha value is -1.54. The Bertz CT molecular complexity index is 432. The van der Waals surface area contributed by atoms with Gasteiger partial charge in [0, 0.05) is 12.0 Å². The largest absolute Gasteiger partial charge is 0.467 e. The van der Waals surface area contributed by atoms with Crippen LogP contribution in [0.15, 0.2) is 42.5 Å². The molecule has 2 aromatic rings. The summed E-state index contributed by atoms with van der Waals surface area (Å²) in [6, 6.07) is 14.2. The molecule has 2 heteroatoms. The summed E-state index contributed by atoms with van der Waals surface area (Å²) in [5, 5.41) is 2.31. The van der Waals surface area contributed by atoms with E-state index in [1.165, 1.54) is 5.39 Å². The van der Waals surface area contributed by atoms with E-state index in [4.69, 9.17) is 9.47 Å². The topological polar surface area (TPSA) is 18.5 Å². The minimum absolute atomic E-state index is 0.310. The van der Waals surface area contributed by atoms with Crippen molar-refractivity contribution in [1.82, 2.24) is 0 Å². The van der Waals surface area contributed by atoms with Crippen molar-refractivity contribution in [3.8, 4) is 5.75 Å². The Kier molecular flexibility index (Phi) is 3.20. The second-order valence-corrected chi connectivity index (χ2v) is 3.23. The minimum Gasteiger partial charge on any atom is -0.467 e. The van der Waals surface area contributed by atoms with Crippen LogP contribution >= 0.6 is 0 Å². The zero-order valence-corrected chi connectivity index (χ0v) is 8.77. The van der Waals surface area contributed by atoms with Gasteiger partial charge in [-0.15, -0.1) is 0 Å². The smallest absolute Gasteiger partial charge is 0.189 e. The van der Waals surface area contributed by atoms with Crippen molar-refractivity contribution in [3.63, 3.8) is 0 Å². The van der Waals surface area contributed by atoms with E-state index in [0.29, 0.717) is 13.4 Å². The van der Waals surface area contributed by atoms with Gasteiger partial charge in [-0.3, -0.25) is 0 Å². The van der Waals surface area contributed by atoms with Crippen molar-refractivity contribution in [2.45, 2.75) is 6.92 Å². The number of fused-ring (bicyclic) bond motifs is 1. The molecule has 0 bridgehead atoms. The molecule has 2 rings (SSSR count). The maximum atomic E-state index is 5.54. The molecule has 0 saturated carbocycles. The summed E-state index contributed by atoms with van der Waals surface area (Å²) in [4.78, 5) is 0. The van der Waals surface area contributed by atoms with E-state index in [-0.39, 0.29) is 0 Å². The fourth-order valence-electron chi connectivity index (χ4n) is 1.51. The van der Waals surface area contributed by atoms with Gasteiger partial charge < -0.3 is 9.47 Å². The zero-order valence-electron chi connectivity index (χ0n) is 8.77. The summed E-state index contributed by atoms with van der Waals surface area (Å²) in [5.41, 5.74) is 0. The molecule has 0 fully saturated rings. The lowest BCUT2D eigenvalue weighted by molar-refractivity contribution is 0.0233. The van der Waals surface area contributed by atoms with Gasteiger partial charge in [-0.2, -0.15) is 0 Å². The second kappa shape index (κ2) is 4.80. The average molecular weight is 202 g/mol. The summed E-state index contributed by atoms with van der Waals surface area (Å²) in [6.07, 6.45) is 0. The van der Waals surface area contributed by atoms with Crippen LogP contribution in [-0.2, 0) is 4.74 Å². The van der Waals surface area contributed by atoms with Crippen molar-refractivity contribution >= 4 is 10.8 Å². The zero-order chi connectivity index (χ0) is 10.5. The SMILES string of the molecule is CCOCOc1cccc2ccccc12. The molecular weight excluding hydrogens is 188 g/mol. The fraction of sp³-hybridized carbons (Fsp3) is 0.231. The van der Waals surface area contributed by atoms with Gasteiger partial charge in [0.15, 0.2) is 6.79 Å². The first-order valence-corrected chi connectivity index (χ1v) is 5.10. The number of hydrogen-bond acceptors (Lipinski definition) is 2. The lowest BCUT2D eigenvalue weighted by Gasteiger charge is -2.08. The standard InChI is InChI=1S/C13H14O2/c1-2-14-10-15-13-9-5-7-11-6-3-4-8-12(11)13/h3-9H,2,10H2,1H3. The van der Waals surface area contributed by atoms with Crippen LogP contribution in [0.25, 0.3) is 10.8 Å². The van der Waals surface area contributed by atoms with Gasteiger partial charge in [0.1, 0.15) is 5.75 Å². The molecule has 0 aromatic heterocycles. The van der Waals surface area contributed by atoms with E-state index in [2.05, 4.69) is 18.2 Å². The summed E-state index contributed by atoms with van der Waals surface area (Å²) in [5.74, 6) is 0.876. The summed E-state index contributed by atoms with van der Waals surface area (Å²) in [6.45, 7) is 2.93. The van der Waals surface area contributed by atoms with E-state index in [0.717, 1.165) is 11.1 Å². The van der Waals surface area contributed by atoms with Crippen LogP contribution in [0.1, 0.15) is 6.92 Å². The molecule has 0 N–H and O–H groups in total. The van der Waals surface area contributed by atoms with Crippen LogP contribution in [0.5, 0.6) is 5.75 Å². The molecule has 0 aliphatic carbocycles. The molecule has 0 saturated heterocycles. The van der Waals surface area contributed by atoms with Crippen molar-refractivity contribution in [3.05, 3.63) is 42.5 Å². The molecule has 0 aliphatic rings. The molecule has 0 aliphatic heterocycles. The monoisotopic (exact) mass is 202 g/mol. The average Bonchev–Trinajstić information content (AvgIpc) is 2.30. The first-order valence-electron chi connectivity index (χ1n) is 5.10. The van der Waals surface area contributed by atoms with E-state index in [1.807, 2.05) is 31.2 Å². The molecule has 15 heavy (non-hydrogen) atoms. The van der Waals surface area contributed by atoms with Gasteiger partial charge in [0.25, 0.3) is 0 Å². The summed E-state index contributed by atoms with van der Waals surface area (Å²) >= 11 is 0. The molecule has 0 heterocycles. The molecule has 78 valence electrons. The third-order valence-corrected chi connectivity index (χ3v) is 2.25. The fourth-order valence-corrected chi connectivity index (χ4v) is 1.51. The molecule has 2 nitrogen and oxygen atoms in total. The van der Waals surface area contributed by atoms with E-state index in [1.54, 1.807) is 0 Å². The number of benzene rings is 2. The predicted molar refractivity (Wildman–Crippen MR) is 61.1 cm³/mol. The van der Waals surface area contributed by atoms with Crippen molar-refractivity contribution in [2.24, 2.45) is 0 Å². The Morgan fingerprint density at radius 2 is 1.80 bits per heavy atom. The first kappa shape index (κ1) is 9.99. The van der Waals surface area contributed by atoms with Crippen LogP contribution in [-0.4, -0.2) is 13.4 Å². The minimum atomic E-state index is 0.310. The summed E-state index contributed by atoms with van der Waals surface area (Å²) in [7, 11) is 0. The number of ether oxygens (including phenoxy) is 2. The third-order valence-electron chi connectivity index (χ3n) is 2.25. The normalized spacial score (nSPS) is 10.5. The summed E-state index contributed by atoms with van der Waals surface area (Å²) < 4.78 is 10.7. The molecule has 2 aromatic carbocycles. The van der Waals surface area contributed by atoms with Crippen LogP contribution in [0.3, 0.4) is 0 Å². The molecule has 0 radical (unpaired) electrons. The molecule has 0 atom stereocenters. The predicted octanol–water partition coefficient (Wildman–Crippen LogP) is 3.21. The van der Waals surface area contributed by atoms with Crippen molar-refractivity contribution in [2.75, 3.05) is 13.4 Å². The van der Waals surface area contributed by atoms with E-state index >= 15 is 0 Å². The molecule has 0 unspecified atom stereocenters. The maximum absolute atomic E-state index is 5.54. The number of rotatable bonds is 4. The number of hydrogen-bond donors (Lipinski definition) is 0. The maximum Gasteiger partial charge on any atom is 0.189 e. The van der Waals surface area contributed by atoms with Gasteiger partial charge in [-0.05, 0) is 18.4 Å². The highest BCUT2D eigenvalue weighted by Crippen LogP contribution is 2.24. The van der Waals surface area contributed by atoms with Crippen LogP contribution in [0.4, 0.5) is 0 Å². The van der Waals surface area contributed by atoms with Crippen LogP contribution < -0.4 is 4.74 Å². The van der Waals surface area contributed by atoms with Gasteiger partial charge in [0.05, 0.1) is 0 Å². The van der Waals surface area contributed by atoms with Gasteiger partial charge in [-0.25, -0.2) is 0 Å². The molecule has 0 spiro atoms. The van der Waals surface area contributed by atoms with Crippen molar-refractivity contribution < 1.29 is 9.47 Å². The highest BCUT2D eigenvalue weighted by Gasteiger charge is 1.99. The molecule has 0 amide bonds. The highest BCUT2D eigenvalue weighted by molar-refractivity contribution is 5.88. The quantitative estimate of drug-likeness (QED) is 0.560. The Morgan fingerprint density at radius 3 is 2.67 bits per heavy atom. The van der Waals surface area contributed by atoms with Crippen LogP contribution in [0.2, 0.25) is 0 Å². The lowest BCUT2D eigenvalue weighted by Crippen LogP contribution is -2.02. The second-order valence-electron chi connectivity index (χ2n) is 3.23. The van der Waals surface area contributed by atoms with Gasteiger partial charge in [0.2, 0.25) is 0 Å². The Labute approximate surface area is 89.4 Å². The van der Waals surface area contributed by atoms with E-state index in [9.17, 15) is 0 Å². The van der Waals surface area contributed by atoms with Gasteiger partial charge in [-0.1, -0.05) is 36.4 Å². The lowest BCUT2D eigenvalue weighted by atomic mass is 10.1. The molecular formula is C13H14O2. The van der Waals surface area contributed by atoms with Crippen molar-refractivity contribution in [1.29, 1.82) is 0 Å². The Balaban J connectivity index is 2.26.